The molecule has 1 atom stereocenters. The third-order valence-electron chi connectivity index (χ3n) is 6.80. The van der Waals surface area contributed by atoms with E-state index in [0.717, 1.165) is 48.1 Å². The van der Waals surface area contributed by atoms with Crippen LogP contribution in [0.2, 0.25) is 0 Å². The number of rotatable bonds is 9. The van der Waals surface area contributed by atoms with Crippen molar-refractivity contribution in [3.63, 3.8) is 0 Å². The van der Waals surface area contributed by atoms with E-state index in [1.54, 1.807) is 11.3 Å². The number of aromatic nitrogens is 3. The molecule has 0 aliphatic heterocycles. The summed E-state index contributed by atoms with van der Waals surface area (Å²) in [7, 11) is 0. The molecule has 4 N–H and O–H groups in total. The average Bonchev–Trinajstić information content (AvgIpc) is 3.31. The number of nitrogen functional groups attached to an aromatic ring is 1. The Labute approximate surface area is 232 Å². The number of anilines is 3. The standard InChI is InChI=1S/C30H34N6S2/c1-4-10-25(19(3)5-2)37-26-14-9-6-11-20(26)18-32-30-35-23-13-8-7-12-22(23)28(36-30)33-21-15-16-24-27(17-21)38-29(31)34-24/h4,6-14,21H,5,15-18H2,1-3H3,(H2,31,34)(H2,32,33,35,36)/t21-/m0/s1. The molecule has 0 saturated heterocycles. The Hall–Kier alpha value is -3.36. The summed E-state index contributed by atoms with van der Waals surface area (Å²) in [4.78, 5) is 18.1. The Kier molecular flexibility index (Phi) is 8.29. The van der Waals surface area contributed by atoms with Gasteiger partial charge in [0.15, 0.2) is 5.13 Å². The molecule has 2 aromatic heterocycles. The summed E-state index contributed by atoms with van der Waals surface area (Å²) in [5.74, 6) is 1.49. The molecule has 4 aromatic rings. The highest BCUT2D eigenvalue weighted by Gasteiger charge is 2.23. The minimum Gasteiger partial charge on any atom is -0.375 e. The number of hydrogen-bond acceptors (Lipinski definition) is 8. The van der Waals surface area contributed by atoms with E-state index in [0.29, 0.717) is 17.6 Å². The van der Waals surface area contributed by atoms with Crippen molar-refractivity contribution >= 4 is 50.9 Å². The average molecular weight is 543 g/mol. The SMILES string of the molecule is CC=CC(Sc1ccccc1CNc1nc(N[C@H]2CCc3nc(N)sc3C2)c2ccccc2n1)=C(C)CC. The van der Waals surface area contributed by atoms with Crippen LogP contribution in [0.25, 0.3) is 10.9 Å². The van der Waals surface area contributed by atoms with E-state index < -0.39 is 0 Å². The van der Waals surface area contributed by atoms with E-state index >= 15 is 0 Å². The van der Waals surface area contributed by atoms with Crippen LogP contribution in [0.3, 0.4) is 0 Å². The lowest BCUT2D eigenvalue weighted by Gasteiger charge is -2.24. The molecule has 0 radical (unpaired) electrons. The van der Waals surface area contributed by atoms with E-state index in [4.69, 9.17) is 15.7 Å². The zero-order chi connectivity index (χ0) is 26.5. The van der Waals surface area contributed by atoms with Gasteiger partial charge >= 0.3 is 0 Å². The minimum absolute atomic E-state index is 0.282. The number of allylic oxidation sites excluding steroid dienone is 3. The highest BCUT2D eigenvalue weighted by Crippen LogP contribution is 2.34. The maximum absolute atomic E-state index is 5.96. The van der Waals surface area contributed by atoms with Gasteiger partial charge in [-0.2, -0.15) is 4.98 Å². The molecule has 0 spiro atoms. The number of nitrogens with one attached hydrogen (secondary N) is 2. The molecule has 0 bridgehead atoms. The number of para-hydroxylation sites is 1. The minimum atomic E-state index is 0.282. The van der Waals surface area contributed by atoms with Crippen LogP contribution in [0.15, 0.2) is 76.1 Å². The lowest BCUT2D eigenvalue weighted by Crippen LogP contribution is -2.27. The monoisotopic (exact) mass is 542 g/mol. The van der Waals surface area contributed by atoms with Gasteiger partial charge in [0, 0.05) is 39.1 Å². The number of fused-ring (bicyclic) bond motifs is 2. The molecule has 0 amide bonds. The largest absolute Gasteiger partial charge is 0.375 e. The maximum atomic E-state index is 5.96. The zero-order valence-electron chi connectivity index (χ0n) is 22.1. The van der Waals surface area contributed by atoms with Crippen LogP contribution >= 0.6 is 23.1 Å². The van der Waals surface area contributed by atoms with Gasteiger partial charge < -0.3 is 16.4 Å². The van der Waals surface area contributed by atoms with Gasteiger partial charge in [0.1, 0.15) is 5.82 Å². The molecule has 1 aliphatic rings. The quantitative estimate of drug-likeness (QED) is 0.148. The van der Waals surface area contributed by atoms with E-state index in [-0.39, 0.29) is 6.04 Å². The molecule has 2 heterocycles. The van der Waals surface area contributed by atoms with Crippen LogP contribution in [0.1, 0.15) is 49.7 Å². The van der Waals surface area contributed by atoms with E-state index in [1.165, 1.54) is 25.8 Å². The predicted molar refractivity (Wildman–Crippen MR) is 163 cm³/mol. The normalized spacial score (nSPS) is 15.9. The van der Waals surface area contributed by atoms with Crippen molar-refractivity contribution in [1.29, 1.82) is 0 Å². The fraction of sp³-hybridized carbons (Fsp3) is 0.300. The van der Waals surface area contributed by atoms with Gasteiger partial charge in [-0.1, -0.05) is 66.7 Å². The molecule has 0 saturated carbocycles. The van der Waals surface area contributed by atoms with E-state index in [9.17, 15) is 0 Å². The van der Waals surface area contributed by atoms with Crippen molar-refractivity contribution < 1.29 is 0 Å². The molecule has 196 valence electrons. The smallest absolute Gasteiger partial charge is 0.225 e. The molecule has 1 aliphatic carbocycles. The Bertz CT molecular complexity index is 1490. The third-order valence-corrected chi connectivity index (χ3v) is 9.07. The summed E-state index contributed by atoms with van der Waals surface area (Å²) in [6.45, 7) is 7.12. The van der Waals surface area contributed by atoms with Gasteiger partial charge in [0.25, 0.3) is 0 Å². The topological polar surface area (TPSA) is 88.8 Å². The summed E-state index contributed by atoms with van der Waals surface area (Å²) >= 11 is 3.42. The summed E-state index contributed by atoms with van der Waals surface area (Å²) < 4.78 is 0. The van der Waals surface area contributed by atoms with Crippen LogP contribution in [0.4, 0.5) is 16.9 Å². The van der Waals surface area contributed by atoms with E-state index in [2.05, 4.69) is 78.9 Å². The summed E-state index contributed by atoms with van der Waals surface area (Å²) in [6.07, 6.45) is 8.19. The first kappa shape index (κ1) is 26.3. The molecular weight excluding hydrogens is 509 g/mol. The molecule has 5 rings (SSSR count). The van der Waals surface area contributed by atoms with Crippen molar-refractivity contribution in [2.45, 2.75) is 63.9 Å². The van der Waals surface area contributed by atoms with Gasteiger partial charge in [0.2, 0.25) is 5.95 Å². The van der Waals surface area contributed by atoms with Crippen molar-refractivity contribution in [3.8, 4) is 0 Å². The number of aryl methyl sites for hydroxylation is 1. The van der Waals surface area contributed by atoms with Gasteiger partial charge in [-0.05, 0) is 56.9 Å². The molecule has 2 aromatic carbocycles. The number of hydrogen-bond donors (Lipinski definition) is 3. The van der Waals surface area contributed by atoms with E-state index in [1.807, 2.05) is 30.0 Å². The molecule has 0 fully saturated rings. The second-order valence-corrected chi connectivity index (χ2v) is 11.7. The van der Waals surface area contributed by atoms with Crippen molar-refractivity contribution in [1.82, 2.24) is 15.0 Å². The number of nitrogens with two attached hydrogens (primary N) is 1. The number of thiazole rings is 1. The summed E-state index contributed by atoms with van der Waals surface area (Å²) in [5.41, 5.74) is 10.6. The van der Waals surface area contributed by atoms with Crippen molar-refractivity contribution in [2.75, 3.05) is 16.4 Å². The summed E-state index contributed by atoms with van der Waals surface area (Å²) in [6, 6.07) is 17.0. The molecule has 6 nitrogen and oxygen atoms in total. The van der Waals surface area contributed by atoms with Crippen molar-refractivity contribution in [3.05, 3.63) is 87.3 Å². The summed E-state index contributed by atoms with van der Waals surface area (Å²) in [5, 5.41) is 8.90. The van der Waals surface area contributed by atoms with Crippen LogP contribution in [0.5, 0.6) is 0 Å². The molecule has 38 heavy (non-hydrogen) atoms. The first-order valence-corrected chi connectivity index (χ1v) is 14.8. The molecular formula is C30H34N6S2. The first-order chi connectivity index (χ1) is 18.5. The zero-order valence-corrected chi connectivity index (χ0v) is 23.8. The van der Waals surface area contributed by atoms with Crippen molar-refractivity contribution in [2.24, 2.45) is 0 Å². The Morgan fingerprint density at radius 1 is 1.13 bits per heavy atom. The second-order valence-electron chi connectivity index (χ2n) is 9.48. The van der Waals surface area contributed by atoms with Gasteiger partial charge in [-0.25, -0.2) is 9.97 Å². The molecule has 8 heteroatoms. The third kappa shape index (κ3) is 6.03. The fourth-order valence-corrected chi connectivity index (χ4v) is 6.74. The number of nitrogens with zero attached hydrogens (tertiary/aromatic N) is 3. The fourth-order valence-electron chi connectivity index (χ4n) is 4.61. The predicted octanol–water partition coefficient (Wildman–Crippen LogP) is 7.60. The maximum Gasteiger partial charge on any atom is 0.225 e. The highest BCUT2D eigenvalue weighted by molar-refractivity contribution is 8.03. The van der Waals surface area contributed by atoms with Crippen LogP contribution in [-0.4, -0.2) is 21.0 Å². The van der Waals surface area contributed by atoms with Gasteiger partial charge in [-0.3, -0.25) is 0 Å². The first-order valence-electron chi connectivity index (χ1n) is 13.1. The van der Waals surface area contributed by atoms with Crippen LogP contribution < -0.4 is 16.4 Å². The Balaban J connectivity index is 1.37. The number of benzene rings is 2. The second kappa shape index (κ2) is 12.0. The Morgan fingerprint density at radius 3 is 2.79 bits per heavy atom. The number of thioether (sulfide) groups is 1. The highest BCUT2D eigenvalue weighted by atomic mass is 32.2. The lowest BCUT2D eigenvalue weighted by atomic mass is 9.97. The van der Waals surface area contributed by atoms with Gasteiger partial charge in [0.05, 0.1) is 11.2 Å². The van der Waals surface area contributed by atoms with Crippen LogP contribution in [-0.2, 0) is 19.4 Å². The Morgan fingerprint density at radius 2 is 1.95 bits per heavy atom. The molecule has 0 unspecified atom stereocenters. The van der Waals surface area contributed by atoms with Crippen LogP contribution in [0, 0.1) is 0 Å². The van der Waals surface area contributed by atoms with Gasteiger partial charge in [-0.15, -0.1) is 11.3 Å². The lowest BCUT2D eigenvalue weighted by molar-refractivity contribution is 0.609.